The first-order valence-corrected chi connectivity index (χ1v) is 9.07. The zero-order valence-electron chi connectivity index (χ0n) is 14.8. The molecule has 1 amide bonds. The van der Waals surface area contributed by atoms with E-state index in [4.69, 9.17) is 9.47 Å². The van der Waals surface area contributed by atoms with Crippen LogP contribution in [0.2, 0.25) is 0 Å². The van der Waals surface area contributed by atoms with Gasteiger partial charge in [0.05, 0.1) is 33.0 Å². The monoisotopic (exact) mass is 348 g/mol. The third kappa shape index (κ3) is 4.51. The minimum absolute atomic E-state index is 0.00899. The molecule has 1 heterocycles. The lowest BCUT2D eigenvalue weighted by atomic mass is 9.94. The van der Waals surface area contributed by atoms with Crippen LogP contribution in [0.5, 0.6) is 5.75 Å². The van der Waals surface area contributed by atoms with Crippen molar-refractivity contribution in [3.8, 4) is 5.75 Å². The Labute approximate surface area is 149 Å². The molecule has 3 atom stereocenters. The number of ether oxygens (including phenoxy) is 2. The van der Waals surface area contributed by atoms with Crippen LogP contribution in [0.3, 0.4) is 0 Å². The number of carbonyl (C=O) groups is 1. The van der Waals surface area contributed by atoms with Crippen LogP contribution in [0.1, 0.15) is 24.8 Å². The number of rotatable bonds is 6. The maximum absolute atomic E-state index is 12.4. The van der Waals surface area contributed by atoms with Gasteiger partial charge in [-0.1, -0.05) is 24.6 Å². The molecular weight excluding hydrogens is 320 g/mol. The molecule has 0 spiro atoms. The van der Waals surface area contributed by atoms with Crippen LogP contribution in [0, 0.1) is 5.92 Å². The Morgan fingerprint density at radius 1 is 1.40 bits per heavy atom. The summed E-state index contributed by atoms with van der Waals surface area (Å²) < 4.78 is 10.9. The highest BCUT2D eigenvalue weighted by molar-refractivity contribution is 5.78. The number of hydrogen-bond acceptors (Lipinski definition) is 5. The number of aliphatic hydroxyl groups excluding tert-OH is 1. The van der Waals surface area contributed by atoms with E-state index in [-0.39, 0.29) is 24.0 Å². The Morgan fingerprint density at radius 3 is 3.00 bits per heavy atom. The van der Waals surface area contributed by atoms with E-state index in [1.165, 1.54) is 0 Å². The average Bonchev–Trinajstić information content (AvgIpc) is 3.06. The van der Waals surface area contributed by atoms with Crippen molar-refractivity contribution < 1.29 is 19.4 Å². The summed E-state index contributed by atoms with van der Waals surface area (Å²) in [6.07, 6.45) is 2.64. The molecule has 1 aromatic rings. The Morgan fingerprint density at radius 2 is 2.24 bits per heavy atom. The van der Waals surface area contributed by atoms with E-state index in [0.717, 1.165) is 37.1 Å². The molecule has 1 saturated heterocycles. The van der Waals surface area contributed by atoms with Gasteiger partial charge in [0, 0.05) is 30.6 Å². The standard InChI is InChI=1S/C19H28N2O4/c1-24-18-8-3-2-5-14(18)11-20-19(23)12-21-9-10-25-13-16(21)15-6-4-7-17(15)22/h2-3,5,8,15-17,22H,4,6-7,9-13H2,1H3,(H,20,23)/t15-,16-,17-/m1/s1. The van der Waals surface area contributed by atoms with Gasteiger partial charge < -0.3 is 19.9 Å². The number of hydrogen-bond donors (Lipinski definition) is 2. The van der Waals surface area contributed by atoms with E-state index in [0.29, 0.717) is 26.3 Å². The molecule has 0 radical (unpaired) electrons. The lowest BCUT2D eigenvalue weighted by molar-refractivity contribution is -0.126. The van der Waals surface area contributed by atoms with E-state index >= 15 is 0 Å². The van der Waals surface area contributed by atoms with Gasteiger partial charge in [0.2, 0.25) is 5.91 Å². The predicted molar refractivity (Wildman–Crippen MR) is 94.4 cm³/mol. The van der Waals surface area contributed by atoms with Crippen LogP contribution in [0.15, 0.2) is 24.3 Å². The second-order valence-electron chi connectivity index (χ2n) is 6.86. The highest BCUT2D eigenvalue weighted by Gasteiger charge is 2.38. The molecular formula is C19H28N2O4. The fourth-order valence-electron chi connectivity index (χ4n) is 3.95. The van der Waals surface area contributed by atoms with Gasteiger partial charge in [-0.15, -0.1) is 0 Å². The number of para-hydroxylation sites is 1. The minimum Gasteiger partial charge on any atom is -0.496 e. The molecule has 1 aromatic carbocycles. The van der Waals surface area contributed by atoms with Crippen molar-refractivity contribution in [1.29, 1.82) is 0 Å². The third-order valence-electron chi connectivity index (χ3n) is 5.32. The number of carbonyl (C=O) groups excluding carboxylic acids is 1. The number of aliphatic hydroxyl groups is 1. The zero-order chi connectivity index (χ0) is 17.6. The number of nitrogens with one attached hydrogen (secondary N) is 1. The van der Waals surface area contributed by atoms with Crippen molar-refractivity contribution in [1.82, 2.24) is 10.2 Å². The molecule has 25 heavy (non-hydrogen) atoms. The van der Waals surface area contributed by atoms with Crippen LogP contribution in [-0.2, 0) is 16.1 Å². The zero-order valence-corrected chi connectivity index (χ0v) is 14.8. The summed E-state index contributed by atoms with van der Waals surface area (Å²) in [5.74, 6) is 0.980. The van der Waals surface area contributed by atoms with E-state index in [9.17, 15) is 9.90 Å². The Hall–Kier alpha value is -1.63. The van der Waals surface area contributed by atoms with Gasteiger partial charge >= 0.3 is 0 Å². The molecule has 6 nitrogen and oxygen atoms in total. The van der Waals surface area contributed by atoms with Crippen molar-refractivity contribution in [3.63, 3.8) is 0 Å². The second-order valence-corrected chi connectivity index (χ2v) is 6.86. The SMILES string of the molecule is COc1ccccc1CNC(=O)CN1CCOC[C@@H]1[C@H]1CCC[C@H]1O. The molecule has 2 fully saturated rings. The number of amides is 1. The van der Waals surface area contributed by atoms with E-state index in [1.54, 1.807) is 7.11 Å². The number of methoxy groups -OCH3 is 1. The molecule has 1 aliphatic carbocycles. The molecule has 1 saturated carbocycles. The van der Waals surface area contributed by atoms with Crippen molar-refractivity contribution in [2.24, 2.45) is 5.92 Å². The second kappa shape index (κ2) is 8.65. The predicted octanol–water partition coefficient (Wildman–Crippen LogP) is 1.17. The molecule has 6 heteroatoms. The lowest BCUT2D eigenvalue weighted by Gasteiger charge is -2.39. The van der Waals surface area contributed by atoms with Crippen molar-refractivity contribution in [3.05, 3.63) is 29.8 Å². The van der Waals surface area contributed by atoms with Crippen LogP contribution in [0.25, 0.3) is 0 Å². The number of nitrogens with zero attached hydrogens (tertiary/aromatic N) is 1. The smallest absolute Gasteiger partial charge is 0.234 e. The normalized spacial score (nSPS) is 27.2. The quantitative estimate of drug-likeness (QED) is 0.808. The van der Waals surface area contributed by atoms with Crippen LogP contribution in [-0.4, -0.2) is 61.5 Å². The fourth-order valence-corrected chi connectivity index (χ4v) is 3.95. The van der Waals surface area contributed by atoms with Gasteiger partial charge in [0.25, 0.3) is 0 Å². The summed E-state index contributed by atoms with van der Waals surface area (Å²) >= 11 is 0. The lowest BCUT2D eigenvalue weighted by Crippen LogP contribution is -2.53. The largest absolute Gasteiger partial charge is 0.496 e. The van der Waals surface area contributed by atoms with Crippen LogP contribution >= 0.6 is 0 Å². The summed E-state index contributed by atoms with van der Waals surface area (Å²) in [7, 11) is 1.63. The maximum Gasteiger partial charge on any atom is 0.234 e. The fraction of sp³-hybridized carbons (Fsp3) is 0.632. The first kappa shape index (κ1) is 18.2. The van der Waals surface area contributed by atoms with Crippen molar-refractivity contribution in [2.75, 3.05) is 33.4 Å². The van der Waals surface area contributed by atoms with Gasteiger partial charge in [0.1, 0.15) is 5.75 Å². The van der Waals surface area contributed by atoms with E-state index in [1.807, 2.05) is 24.3 Å². The molecule has 2 N–H and O–H groups in total. The first-order chi connectivity index (χ1) is 12.2. The summed E-state index contributed by atoms with van der Waals surface area (Å²) in [6.45, 7) is 2.76. The summed E-state index contributed by atoms with van der Waals surface area (Å²) in [6, 6.07) is 7.81. The first-order valence-electron chi connectivity index (χ1n) is 9.07. The minimum atomic E-state index is -0.272. The average molecular weight is 348 g/mol. The number of benzene rings is 1. The highest BCUT2D eigenvalue weighted by Crippen LogP contribution is 2.32. The Bertz CT molecular complexity index is 580. The summed E-state index contributed by atoms with van der Waals surface area (Å²) in [5, 5.41) is 13.2. The topological polar surface area (TPSA) is 71.0 Å². The van der Waals surface area contributed by atoms with Gasteiger partial charge in [0.15, 0.2) is 0 Å². The van der Waals surface area contributed by atoms with Crippen molar-refractivity contribution in [2.45, 2.75) is 38.0 Å². The number of morpholine rings is 1. The molecule has 3 rings (SSSR count). The van der Waals surface area contributed by atoms with E-state index in [2.05, 4.69) is 10.2 Å². The van der Waals surface area contributed by atoms with Gasteiger partial charge in [-0.2, -0.15) is 0 Å². The van der Waals surface area contributed by atoms with Crippen LogP contribution in [0.4, 0.5) is 0 Å². The van der Waals surface area contributed by atoms with Gasteiger partial charge in [-0.3, -0.25) is 9.69 Å². The third-order valence-corrected chi connectivity index (χ3v) is 5.32. The summed E-state index contributed by atoms with van der Waals surface area (Å²) in [4.78, 5) is 14.6. The Balaban J connectivity index is 1.55. The summed E-state index contributed by atoms with van der Waals surface area (Å²) in [5.41, 5.74) is 0.961. The maximum atomic E-state index is 12.4. The molecule has 138 valence electrons. The van der Waals surface area contributed by atoms with E-state index < -0.39 is 0 Å². The molecule has 2 aliphatic rings. The van der Waals surface area contributed by atoms with Gasteiger partial charge in [-0.25, -0.2) is 0 Å². The molecule has 0 unspecified atom stereocenters. The van der Waals surface area contributed by atoms with Gasteiger partial charge in [-0.05, 0) is 18.9 Å². The van der Waals surface area contributed by atoms with Crippen molar-refractivity contribution >= 4 is 5.91 Å². The Kier molecular flexibility index (Phi) is 6.29. The molecule has 0 aromatic heterocycles. The highest BCUT2D eigenvalue weighted by atomic mass is 16.5. The molecule has 0 bridgehead atoms. The van der Waals surface area contributed by atoms with Crippen LogP contribution < -0.4 is 10.1 Å². The molecule has 1 aliphatic heterocycles.